The molecule has 0 fully saturated rings. The highest BCUT2D eigenvalue weighted by Gasteiger charge is 2.13. The van der Waals surface area contributed by atoms with Crippen molar-refractivity contribution in [2.24, 2.45) is 11.3 Å². The molecule has 0 amide bonds. The minimum Gasteiger partial charge on any atom is -0.179 e. The van der Waals surface area contributed by atoms with Gasteiger partial charge in [0, 0.05) is 6.42 Å². The Morgan fingerprint density at radius 3 is 2.31 bits per heavy atom. The van der Waals surface area contributed by atoms with Crippen LogP contribution in [0.15, 0.2) is 0 Å². The van der Waals surface area contributed by atoms with Crippen molar-refractivity contribution in [1.82, 2.24) is 0 Å². The third kappa shape index (κ3) is 8.25. The monoisotopic (exact) mass is 198 g/mol. The van der Waals surface area contributed by atoms with E-state index in [1.165, 1.54) is 12.8 Å². The highest BCUT2D eigenvalue weighted by atomic mass is 32.1. The summed E-state index contributed by atoms with van der Waals surface area (Å²) in [5, 5.41) is 0. The van der Waals surface area contributed by atoms with Crippen molar-refractivity contribution in [3.8, 4) is 12.3 Å². The third-order valence-electron chi connectivity index (χ3n) is 2.26. The van der Waals surface area contributed by atoms with Crippen molar-refractivity contribution in [2.45, 2.75) is 46.5 Å². The molecule has 0 aromatic carbocycles. The molecule has 0 bridgehead atoms. The Kier molecular flexibility index (Phi) is 6.33. The van der Waals surface area contributed by atoms with Crippen LogP contribution < -0.4 is 0 Å². The molecule has 1 heteroatoms. The van der Waals surface area contributed by atoms with Crippen LogP contribution in [0.3, 0.4) is 0 Å². The molecule has 1 unspecified atom stereocenters. The van der Waals surface area contributed by atoms with E-state index in [2.05, 4.69) is 39.3 Å². The Bertz CT molecular complexity index is 159. The van der Waals surface area contributed by atoms with Crippen molar-refractivity contribution < 1.29 is 0 Å². The van der Waals surface area contributed by atoms with E-state index < -0.39 is 0 Å². The summed E-state index contributed by atoms with van der Waals surface area (Å²) in [4.78, 5) is 0. The van der Waals surface area contributed by atoms with Gasteiger partial charge in [0.2, 0.25) is 0 Å². The van der Waals surface area contributed by atoms with Crippen molar-refractivity contribution in [3.05, 3.63) is 0 Å². The standard InChI is InChI=1S/C12H22S/c1-5-6-7-11(10-13)8-9-12(2,3)4/h1,11,13H,6-10H2,2-4H3. The fourth-order valence-electron chi connectivity index (χ4n) is 1.25. The molecule has 0 saturated carbocycles. The van der Waals surface area contributed by atoms with E-state index in [0.29, 0.717) is 11.3 Å². The molecule has 1 atom stereocenters. The van der Waals surface area contributed by atoms with Gasteiger partial charge in [0.05, 0.1) is 0 Å². The largest absolute Gasteiger partial charge is 0.179 e. The predicted molar refractivity (Wildman–Crippen MR) is 64.1 cm³/mol. The normalized spacial score (nSPS) is 13.8. The summed E-state index contributed by atoms with van der Waals surface area (Å²) < 4.78 is 0. The molecule has 0 N–H and O–H groups in total. The Morgan fingerprint density at radius 2 is 1.92 bits per heavy atom. The van der Waals surface area contributed by atoms with Crippen LogP contribution in [-0.4, -0.2) is 5.75 Å². The first kappa shape index (κ1) is 12.9. The van der Waals surface area contributed by atoms with Gasteiger partial charge in [-0.15, -0.1) is 12.3 Å². The average Bonchev–Trinajstić information content (AvgIpc) is 2.03. The molecule has 0 rings (SSSR count). The van der Waals surface area contributed by atoms with Gasteiger partial charge < -0.3 is 0 Å². The van der Waals surface area contributed by atoms with Gasteiger partial charge in [0.1, 0.15) is 0 Å². The molecular formula is C12H22S. The quantitative estimate of drug-likeness (QED) is 0.504. The lowest BCUT2D eigenvalue weighted by Crippen LogP contribution is -2.10. The van der Waals surface area contributed by atoms with Crippen LogP contribution in [0.1, 0.15) is 46.5 Å². The fraction of sp³-hybridized carbons (Fsp3) is 0.833. The summed E-state index contributed by atoms with van der Waals surface area (Å²) in [6.07, 6.45) is 9.80. The van der Waals surface area contributed by atoms with E-state index in [-0.39, 0.29) is 0 Å². The predicted octanol–water partition coefficient (Wildman–Crippen LogP) is 3.77. The molecule has 13 heavy (non-hydrogen) atoms. The summed E-state index contributed by atoms with van der Waals surface area (Å²) >= 11 is 4.35. The van der Waals surface area contributed by atoms with E-state index >= 15 is 0 Å². The zero-order valence-corrected chi connectivity index (χ0v) is 10.0. The zero-order valence-electron chi connectivity index (χ0n) is 9.14. The molecule has 76 valence electrons. The van der Waals surface area contributed by atoms with Gasteiger partial charge in [-0.25, -0.2) is 0 Å². The lowest BCUT2D eigenvalue weighted by atomic mass is 9.86. The lowest BCUT2D eigenvalue weighted by Gasteiger charge is -2.21. The zero-order chi connectivity index (χ0) is 10.3. The summed E-state index contributed by atoms with van der Waals surface area (Å²) in [5.74, 6) is 4.37. The molecule has 0 aliphatic rings. The molecule has 0 aromatic heterocycles. The first-order chi connectivity index (χ1) is 5.99. The fourth-order valence-corrected chi connectivity index (χ4v) is 1.62. The number of rotatable bonds is 5. The second-order valence-corrected chi connectivity index (χ2v) is 5.26. The molecule has 0 radical (unpaired) electrons. The topological polar surface area (TPSA) is 0 Å². The van der Waals surface area contributed by atoms with Gasteiger partial charge in [-0.3, -0.25) is 0 Å². The van der Waals surface area contributed by atoms with Crippen LogP contribution >= 0.6 is 12.6 Å². The summed E-state index contributed by atoms with van der Waals surface area (Å²) in [6.45, 7) is 6.84. The van der Waals surface area contributed by atoms with Crippen LogP contribution in [0.5, 0.6) is 0 Å². The molecule has 0 nitrogen and oxygen atoms in total. The first-order valence-corrected chi connectivity index (χ1v) is 5.67. The van der Waals surface area contributed by atoms with E-state index in [0.717, 1.165) is 18.6 Å². The minimum absolute atomic E-state index is 0.442. The van der Waals surface area contributed by atoms with Crippen molar-refractivity contribution in [2.75, 3.05) is 5.75 Å². The van der Waals surface area contributed by atoms with Crippen LogP contribution in [0.2, 0.25) is 0 Å². The smallest absolute Gasteiger partial charge is 0.00889 e. The minimum atomic E-state index is 0.442. The van der Waals surface area contributed by atoms with Crippen molar-refractivity contribution >= 4 is 12.6 Å². The van der Waals surface area contributed by atoms with Crippen LogP contribution in [0, 0.1) is 23.7 Å². The van der Waals surface area contributed by atoms with E-state index in [9.17, 15) is 0 Å². The summed E-state index contributed by atoms with van der Waals surface area (Å²) in [6, 6.07) is 0. The Labute approximate surface area is 88.9 Å². The molecule has 0 saturated heterocycles. The molecule has 0 heterocycles. The number of hydrogen-bond donors (Lipinski definition) is 1. The first-order valence-electron chi connectivity index (χ1n) is 5.04. The Morgan fingerprint density at radius 1 is 1.31 bits per heavy atom. The van der Waals surface area contributed by atoms with Gasteiger partial charge in [-0.05, 0) is 36.3 Å². The van der Waals surface area contributed by atoms with E-state index in [1.54, 1.807) is 0 Å². The Hall–Kier alpha value is -0.0900. The van der Waals surface area contributed by atoms with Gasteiger partial charge in [-0.2, -0.15) is 12.6 Å². The second-order valence-electron chi connectivity index (χ2n) is 4.89. The summed E-state index contributed by atoms with van der Waals surface area (Å²) in [5.41, 5.74) is 0.442. The Balaban J connectivity index is 3.67. The highest BCUT2D eigenvalue weighted by molar-refractivity contribution is 7.80. The van der Waals surface area contributed by atoms with Gasteiger partial charge >= 0.3 is 0 Å². The SMILES string of the molecule is C#CCCC(CS)CCC(C)(C)C. The number of thiol groups is 1. The lowest BCUT2D eigenvalue weighted by molar-refractivity contribution is 0.327. The number of terminal acetylenes is 1. The van der Waals surface area contributed by atoms with Gasteiger partial charge in [-0.1, -0.05) is 20.8 Å². The van der Waals surface area contributed by atoms with Crippen molar-refractivity contribution in [3.63, 3.8) is 0 Å². The van der Waals surface area contributed by atoms with Crippen molar-refractivity contribution in [1.29, 1.82) is 0 Å². The van der Waals surface area contributed by atoms with E-state index in [4.69, 9.17) is 6.42 Å². The van der Waals surface area contributed by atoms with Crippen LogP contribution in [-0.2, 0) is 0 Å². The summed E-state index contributed by atoms with van der Waals surface area (Å²) in [7, 11) is 0. The molecule has 0 aliphatic heterocycles. The maximum Gasteiger partial charge on any atom is 0.00889 e. The van der Waals surface area contributed by atoms with Gasteiger partial charge in [0.25, 0.3) is 0 Å². The van der Waals surface area contributed by atoms with E-state index in [1.807, 2.05) is 0 Å². The third-order valence-corrected chi connectivity index (χ3v) is 2.77. The molecule has 0 spiro atoms. The average molecular weight is 198 g/mol. The second kappa shape index (κ2) is 6.38. The van der Waals surface area contributed by atoms with Crippen LogP contribution in [0.4, 0.5) is 0 Å². The number of hydrogen-bond acceptors (Lipinski definition) is 1. The van der Waals surface area contributed by atoms with Crippen LogP contribution in [0.25, 0.3) is 0 Å². The maximum absolute atomic E-state index is 5.24. The molecular weight excluding hydrogens is 176 g/mol. The maximum atomic E-state index is 5.24. The van der Waals surface area contributed by atoms with Gasteiger partial charge in [0.15, 0.2) is 0 Å². The molecule has 0 aromatic rings. The molecule has 0 aliphatic carbocycles. The highest BCUT2D eigenvalue weighted by Crippen LogP contribution is 2.25.